The number of rotatable bonds is 5. The van der Waals surface area contributed by atoms with Crippen LogP contribution in [0, 0.1) is 12.8 Å². The highest BCUT2D eigenvalue weighted by molar-refractivity contribution is 5.24. The van der Waals surface area contributed by atoms with Crippen LogP contribution < -0.4 is 5.32 Å². The molecule has 2 heteroatoms. The molecule has 2 rings (SSSR count). The Hall–Kier alpha value is -0.760. The highest BCUT2D eigenvalue weighted by atomic mass is 16.3. The van der Waals surface area contributed by atoms with Crippen molar-refractivity contribution in [2.24, 2.45) is 5.92 Å². The van der Waals surface area contributed by atoms with E-state index in [1.807, 2.05) is 0 Å². The lowest BCUT2D eigenvalue weighted by atomic mass is 10.2. The van der Waals surface area contributed by atoms with Crippen molar-refractivity contribution in [3.63, 3.8) is 0 Å². The van der Waals surface area contributed by atoms with Crippen molar-refractivity contribution in [1.29, 1.82) is 0 Å². The van der Waals surface area contributed by atoms with Crippen LogP contribution in [-0.4, -0.2) is 13.1 Å². The molecule has 1 aromatic heterocycles. The van der Waals surface area contributed by atoms with Gasteiger partial charge in [-0.25, -0.2) is 0 Å². The molecule has 0 aromatic carbocycles. The Labute approximate surface area is 85.7 Å². The summed E-state index contributed by atoms with van der Waals surface area (Å²) < 4.78 is 5.50. The van der Waals surface area contributed by atoms with Gasteiger partial charge in [-0.05, 0) is 50.4 Å². The molecule has 1 heterocycles. The van der Waals surface area contributed by atoms with Crippen LogP contribution in [0.5, 0.6) is 0 Å². The van der Waals surface area contributed by atoms with E-state index in [1.54, 1.807) is 6.26 Å². The number of furan rings is 1. The first-order valence-electron chi connectivity index (χ1n) is 5.57. The van der Waals surface area contributed by atoms with Crippen LogP contribution in [0.3, 0.4) is 0 Å². The van der Waals surface area contributed by atoms with Crippen LogP contribution in [0.25, 0.3) is 0 Å². The molecule has 0 spiro atoms. The van der Waals surface area contributed by atoms with Crippen LogP contribution in [0.1, 0.15) is 37.0 Å². The lowest BCUT2D eigenvalue weighted by Gasteiger charge is -2.01. The van der Waals surface area contributed by atoms with Gasteiger partial charge in [0.05, 0.1) is 6.26 Å². The zero-order valence-electron chi connectivity index (χ0n) is 9.05. The van der Waals surface area contributed by atoms with Crippen LogP contribution >= 0.6 is 0 Å². The Kier molecular flexibility index (Phi) is 2.92. The molecule has 0 bridgehead atoms. The zero-order valence-corrected chi connectivity index (χ0v) is 9.05. The third-order valence-corrected chi connectivity index (χ3v) is 2.99. The summed E-state index contributed by atoms with van der Waals surface area (Å²) in [6, 6.07) is 2.06. The Morgan fingerprint density at radius 2 is 2.43 bits per heavy atom. The molecular weight excluding hydrogens is 174 g/mol. The highest BCUT2D eigenvalue weighted by Gasteiger charge is 2.40. The van der Waals surface area contributed by atoms with Gasteiger partial charge in [-0.2, -0.15) is 0 Å². The average molecular weight is 193 g/mol. The second-order valence-electron chi connectivity index (χ2n) is 4.27. The Morgan fingerprint density at radius 3 is 3.07 bits per heavy atom. The maximum absolute atomic E-state index is 5.50. The molecule has 78 valence electrons. The molecule has 1 saturated carbocycles. The van der Waals surface area contributed by atoms with Gasteiger partial charge in [0.2, 0.25) is 0 Å². The second kappa shape index (κ2) is 4.18. The fraction of sp³-hybridized carbons (Fsp3) is 0.667. The van der Waals surface area contributed by atoms with Gasteiger partial charge in [-0.3, -0.25) is 0 Å². The minimum Gasteiger partial charge on any atom is -0.469 e. The Morgan fingerprint density at radius 1 is 1.57 bits per heavy atom. The summed E-state index contributed by atoms with van der Waals surface area (Å²) in [5, 5.41) is 3.47. The first-order valence-corrected chi connectivity index (χ1v) is 5.57. The van der Waals surface area contributed by atoms with Gasteiger partial charge >= 0.3 is 0 Å². The molecule has 1 aliphatic rings. The predicted molar refractivity (Wildman–Crippen MR) is 57.5 cm³/mol. The smallest absolute Gasteiger partial charge is 0.110 e. The molecule has 0 aliphatic heterocycles. The fourth-order valence-electron chi connectivity index (χ4n) is 2.02. The molecule has 0 saturated heterocycles. The van der Waals surface area contributed by atoms with Crippen molar-refractivity contribution in [2.45, 2.75) is 32.6 Å². The molecular formula is C12H19NO. The minimum absolute atomic E-state index is 0.689. The zero-order chi connectivity index (χ0) is 9.97. The largest absolute Gasteiger partial charge is 0.469 e. The van der Waals surface area contributed by atoms with Crippen molar-refractivity contribution in [3.05, 3.63) is 23.7 Å². The first-order chi connectivity index (χ1) is 6.83. The molecule has 0 radical (unpaired) electrons. The lowest BCUT2D eigenvalue weighted by Crippen LogP contribution is -2.17. The number of hydrogen-bond acceptors (Lipinski definition) is 2. The fourth-order valence-corrected chi connectivity index (χ4v) is 2.02. The molecule has 1 aliphatic carbocycles. The van der Waals surface area contributed by atoms with E-state index in [4.69, 9.17) is 4.42 Å². The summed E-state index contributed by atoms with van der Waals surface area (Å²) in [5.74, 6) is 2.72. The summed E-state index contributed by atoms with van der Waals surface area (Å²) in [6.07, 6.45) is 4.32. The van der Waals surface area contributed by atoms with Crippen molar-refractivity contribution in [1.82, 2.24) is 5.32 Å². The van der Waals surface area contributed by atoms with Crippen LogP contribution in [-0.2, 0) is 0 Å². The molecule has 1 aromatic rings. The topological polar surface area (TPSA) is 25.2 Å². The van der Waals surface area contributed by atoms with Gasteiger partial charge in [0, 0.05) is 5.92 Å². The maximum Gasteiger partial charge on any atom is 0.110 e. The maximum atomic E-state index is 5.50. The number of hydrogen-bond donors (Lipinski definition) is 1. The quantitative estimate of drug-likeness (QED) is 0.727. The molecule has 2 atom stereocenters. The highest BCUT2D eigenvalue weighted by Crippen LogP contribution is 2.48. The van der Waals surface area contributed by atoms with E-state index in [9.17, 15) is 0 Å². The van der Waals surface area contributed by atoms with Crippen molar-refractivity contribution in [3.8, 4) is 0 Å². The minimum atomic E-state index is 0.689. The van der Waals surface area contributed by atoms with Crippen LogP contribution in [0.2, 0.25) is 0 Å². The second-order valence-corrected chi connectivity index (χ2v) is 4.27. The van der Waals surface area contributed by atoms with Crippen LogP contribution in [0.4, 0.5) is 0 Å². The van der Waals surface area contributed by atoms with E-state index in [0.29, 0.717) is 5.92 Å². The third-order valence-electron chi connectivity index (χ3n) is 2.99. The lowest BCUT2D eigenvalue weighted by molar-refractivity contribution is 0.495. The van der Waals surface area contributed by atoms with Gasteiger partial charge in [0.1, 0.15) is 5.76 Å². The molecule has 0 amide bonds. The van der Waals surface area contributed by atoms with Gasteiger partial charge in [-0.15, -0.1) is 0 Å². The van der Waals surface area contributed by atoms with Crippen molar-refractivity contribution < 1.29 is 4.42 Å². The number of aryl methyl sites for hydroxylation is 1. The van der Waals surface area contributed by atoms with Gasteiger partial charge in [0.15, 0.2) is 0 Å². The SMILES string of the molecule is CCCNCC1CC1c1occc1C. The number of nitrogens with one attached hydrogen (secondary N) is 1. The molecule has 14 heavy (non-hydrogen) atoms. The summed E-state index contributed by atoms with van der Waals surface area (Å²) in [4.78, 5) is 0. The summed E-state index contributed by atoms with van der Waals surface area (Å²) >= 11 is 0. The molecule has 1 fully saturated rings. The Bertz CT molecular complexity index is 292. The first kappa shape index (κ1) is 9.78. The third kappa shape index (κ3) is 2.01. The van der Waals surface area contributed by atoms with E-state index >= 15 is 0 Å². The van der Waals surface area contributed by atoms with Gasteiger partial charge in [0.25, 0.3) is 0 Å². The van der Waals surface area contributed by atoms with Gasteiger partial charge < -0.3 is 9.73 Å². The summed E-state index contributed by atoms with van der Waals surface area (Å²) in [7, 11) is 0. The molecule has 2 nitrogen and oxygen atoms in total. The van der Waals surface area contributed by atoms with Crippen LogP contribution in [0.15, 0.2) is 16.7 Å². The summed E-state index contributed by atoms with van der Waals surface area (Å²) in [6.45, 7) is 6.63. The monoisotopic (exact) mass is 193 g/mol. The van der Waals surface area contributed by atoms with Crippen molar-refractivity contribution in [2.75, 3.05) is 13.1 Å². The normalized spacial score (nSPS) is 25.3. The van der Waals surface area contributed by atoms with Gasteiger partial charge in [-0.1, -0.05) is 6.92 Å². The van der Waals surface area contributed by atoms with E-state index in [-0.39, 0.29) is 0 Å². The van der Waals surface area contributed by atoms with E-state index in [0.717, 1.165) is 19.0 Å². The standard InChI is InChI=1S/C12H19NO/c1-3-5-13-8-10-7-11(10)12-9(2)4-6-14-12/h4,6,10-11,13H,3,5,7-8H2,1-2H3. The van der Waals surface area contributed by atoms with Crippen molar-refractivity contribution >= 4 is 0 Å². The van der Waals surface area contributed by atoms with E-state index < -0.39 is 0 Å². The molecule has 2 unspecified atom stereocenters. The molecule has 1 N–H and O–H groups in total. The van der Waals surface area contributed by atoms with E-state index in [2.05, 4.69) is 25.2 Å². The predicted octanol–water partition coefficient (Wildman–Crippen LogP) is 2.69. The average Bonchev–Trinajstić information content (AvgIpc) is 2.81. The Balaban J connectivity index is 1.79. The van der Waals surface area contributed by atoms with E-state index in [1.165, 1.54) is 24.2 Å². The summed E-state index contributed by atoms with van der Waals surface area (Å²) in [5.41, 5.74) is 1.31.